The third-order valence-corrected chi connectivity index (χ3v) is 1.82. The first-order valence-corrected chi connectivity index (χ1v) is 5.35. The number of hydrogen-bond acceptors (Lipinski definition) is 1. The minimum atomic E-state index is -4.74. The van der Waals surface area contributed by atoms with Crippen molar-refractivity contribution >= 4 is 0 Å². The highest BCUT2D eigenvalue weighted by molar-refractivity contribution is 5.31. The molecule has 0 aliphatic rings. The van der Waals surface area contributed by atoms with Gasteiger partial charge in [-0.05, 0) is 29.7 Å². The van der Waals surface area contributed by atoms with Crippen LogP contribution in [-0.2, 0) is 0 Å². The summed E-state index contributed by atoms with van der Waals surface area (Å²) in [6.07, 6.45) is -4.74. The summed E-state index contributed by atoms with van der Waals surface area (Å²) in [5, 5.41) is 0. The van der Waals surface area contributed by atoms with Gasteiger partial charge in [-0.25, -0.2) is 4.39 Å². The average Bonchev–Trinajstić information content (AvgIpc) is 2.21. The number of halogens is 4. The third kappa shape index (κ3) is 5.56. The van der Waals surface area contributed by atoms with Crippen molar-refractivity contribution in [2.75, 3.05) is 0 Å². The summed E-state index contributed by atoms with van der Waals surface area (Å²) in [4.78, 5) is 0. The first-order valence-electron chi connectivity index (χ1n) is 5.35. The molecule has 98 valence electrons. The quantitative estimate of drug-likeness (QED) is 0.682. The van der Waals surface area contributed by atoms with Crippen molar-refractivity contribution < 1.29 is 22.3 Å². The summed E-state index contributed by atoms with van der Waals surface area (Å²) in [7, 11) is 0. The van der Waals surface area contributed by atoms with Gasteiger partial charge in [0.05, 0.1) is 0 Å². The first-order chi connectivity index (χ1) is 7.79. The highest BCUT2D eigenvalue weighted by Crippen LogP contribution is 2.27. The minimum Gasteiger partial charge on any atom is -0.406 e. The van der Waals surface area contributed by atoms with Crippen LogP contribution in [-0.4, -0.2) is 6.36 Å². The second-order valence-corrected chi connectivity index (χ2v) is 3.39. The maximum absolute atomic E-state index is 13.1. The Morgan fingerprint density at radius 2 is 1.65 bits per heavy atom. The van der Waals surface area contributed by atoms with Crippen LogP contribution in [0.25, 0.3) is 0 Å². The van der Waals surface area contributed by atoms with Gasteiger partial charge in [0.1, 0.15) is 11.6 Å². The van der Waals surface area contributed by atoms with Crippen LogP contribution in [0.2, 0.25) is 0 Å². The number of alkyl halides is 3. The van der Waals surface area contributed by atoms with Crippen LogP contribution in [0.15, 0.2) is 18.2 Å². The Morgan fingerprint density at radius 3 is 2.06 bits per heavy atom. The van der Waals surface area contributed by atoms with Crippen LogP contribution in [0.4, 0.5) is 17.6 Å². The molecule has 0 atom stereocenters. The molecule has 0 spiro atoms. The molecule has 0 aliphatic carbocycles. The van der Waals surface area contributed by atoms with Gasteiger partial charge >= 0.3 is 6.36 Å². The normalized spacial score (nSPS) is 10.9. The van der Waals surface area contributed by atoms with Crippen molar-refractivity contribution in [3.8, 4) is 5.75 Å². The standard InChI is InChI=1S/C10H10F4O.C2H6/c1-6(2)8-5-7(3-4-9(8)11)15-10(12,13)14;1-2/h3-6H,1-2H3;1-2H3. The lowest BCUT2D eigenvalue weighted by Gasteiger charge is -2.12. The molecular formula is C12H16F4O. The Hall–Kier alpha value is -1.26. The van der Waals surface area contributed by atoms with E-state index in [1.54, 1.807) is 13.8 Å². The van der Waals surface area contributed by atoms with Crippen LogP contribution in [0.5, 0.6) is 5.75 Å². The lowest BCUT2D eigenvalue weighted by atomic mass is 10.0. The van der Waals surface area contributed by atoms with E-state index in [-0.39, 0.29) is 11.5 Å². The smallest absolute Gasteiger partial charge is 0.406 e. The predicted molar refractivity (Wildman–Crippen MR) is 58.5 cm³/mol. The van der Waals surface area contributed by atoms with Gasteiger partial charge in [0, 0.05) is 0 Å². The maximum Gasteiger partial charge on any atom is 0.573 e. The molecular weight excluding hydrogens is 236 g/mol. The molecule has 0 heterocycles. The van der Waals surface area contributed by atoms with E-state index >= 15 is 0 Å². The summed E-state index contributed by atoms with van der Waals surface area (Å²) >= 11 is 0. The topological polar surface area (TPSA) is 9.23 Å². The Kier molecular flexibility index (Phi) is 5.99. The molecule has 17 heavy (non-hydrogen) atoms. The number of rotatable bonds is 2. The third-order valence-electron chi connectivity index (χ3n) is 1.82. The molecule has 1 aromatic carbocycles. The summed E-state index contributed by atoms with van der Waals surface area (Å²) in [6, 6.07) is 2.98. The second-order valence-electron chi connectivity index (χ2n) is 3.39. The molecule has 0 amide bonds. The van der Waals surface area contributed by atoms with Crippen LogP contribution in [0.1, 0.15) is 39.2 Å². The fourth-order valence-corrected chi connectivity index (χ4v) is 1.16. The zero-order valence-electron chi connectivity index (χ0n) is 10.2. The van der Waals surface area contributed by atoms with Gasteiger partial charge in [-0.15, -0.1) is 13.2 Å². The maximum atomic E-state index is 13.1. The van der Waals surface area contributed by atoms with E-state index in [0.29, 0.717) is 0 Å². The van der Waals surface area contributed by atoms with Crippen molar-refractivity contribution in [1.82, 2.24) is 0 Å². The monoisotopic (exact) mass is 252 g/mol. The Labute approximate surface area is 98.4 Å². The van der Waals surface area contributed by atoms with Crippen molar-refractivity contribution in [2.45, 2.75) is 40.0 Å². The molecule has 0 saturated heterocycles. The van der Waals surface area contributed by atoms with E-state index in [9.17, 15) is 17.6 Å². The van der Waals surface area contributed by atoms with Gasteiger partial charge < -0.3 is 4.74 Å². The van der Waals surface area contributed by atoms with E-state index in [1.165, 1.54) is 0 Å². The van der Waals surface area contributed by atoms with E-state index in [0.717, 1.165) is 18.2 Å². The molecule has 0 N–H and O–H groups in total. The van der Waals surface area contributed by atoms with Crippen LogP contribution >= 0.6 is 0 Å². The average molecular weight is 252 g/mol. The van der Waals surface area contributed by atoms with Crippen molar-refractivity contribution in [1.29, 1.82) is 0 Å². The van der Waals surface area contributed by atoms with Crippen molar-refractivity contribution in [3.05, 3.63) is 29.6 Å². The highest BCUT2D eigenvalue weighted by Gasteiger charge is 2.31. The van der Waals surface area contributed by atoms with Gasteiger partial charge in [-0.3, -0.25) is 0 Å². The number of hydrogen-bond donors (Lipinski definition) is 0. The lowest BCUT2D eigenvalue weighted by Crippen LogP contribution is -2.17. The number of benzene rings is 1. The summed E-state index contributed by atoms with van der Waals surface area (Å²) in [5.41, 5.74) is 0.205. The van der Waals surface area contributed by atoms with E-state index in [1.807, 2.05) is 13.8 Å². The van der Waals surface area contributed by atoms with Crippen LogP contribution in [0.3, 0.4) is 0 Å². The second kappa shape index (κ2) is 6.47. The predicted octanol–water partition coefficient (Wildman–Crippen LogP) is 4.87. The molecule has 1 aromatic rings. The summed E-state index contributed by atoms with van der Waals surface area (Å²) in [6.45, 7) is 7.38. The zero-order valence-corrected chi connectivity index (χ0v) is 10.2. The summed E-state index contributed by atoms with van der Waals surface area (Å²) < 4.78 is 52.4. The summed E-state index contributed by atoms with van der Waals surface area (Å²) in [5.74, 6) is -1.12. The van der Waals surface area contributed by atoms with E-state index < -0.39 is 17.9 Å². The van der Waals surface area contributed by atoms with Crippen molar-refractivity contribution in [2.24, 2.45) is 0 Å². The zero-order chi connectivity index (χ0) is 13.6. The molecule has 1 nitrogen and oxygen atoms in total. The molecule has 0 unspecified atom stereocenters. The van der Waals surface area contributed by atoms with Crippen LogP contribution in [0, 0.1) is 5.82 Å². The largest absolute Gasteiger partial charge is 0.573 e. The number of ether oxygens (including phenoxy) is 1. The molecule has 0 fully saturated rings. The van der Waals surface area contributed by atoms with Gasteiger partial charge in [0.15, 0.2) is 0 Å². The molecule has 0 saturated carbocycles. The first kappa shape index (κ1) is 15.7. The molecule has 5 heteroatoms. The Balaban J connectivity index is 0.00000121. The fourth-order valence-electron chi connectivity index (χ4n) is 1.16. The SMILES string of the molecule is CC.CC(C)c1cc(OC(F)(F)F)ccc1F. The van der Waals surface area contributed by atoms with E-state index in [2.05, 4.69) is 4.74 Å². The van der Waals surface area contributed by atoms with E-state index in [4.69, 9.17) is 0 Å². The highest BCUT2D eigenvalue weighted by atomic mass is 19.4. The molecule has 0 bridgehead atoms. The molecule has 1 rings (SSSR count). The van der Waals surface area contributed by atoms with Crippen LogP contribution < -0.4 is 4.74 Å². The lowest BCUT2D eigenvalue weighted by molar-refractivity contribution is -0.274. The van der Waals surface area contributed by atoms with Gasteiger partial charge in [0.25, 0.3) is 0 Å². The molecule has 0 aromatic heterocycles. The Bertz CT molecular complexity index is 345. The van der Waals surface area contributed by atoms with Gasteiger partial charge in [-0.2, -0.15) is 0 Å². The van der Waals surface area contributed by atoms with Gasteiger partial charge in [-0.1, -0.05) is 27.7 Å². The minimum absolute atomic E-state index is 0.193. The molecule has 0 aliphatic heterocycles. The Morgan fingerprint density at radius 1 is 1.12 bits per heavy atom. The van der Waals surface area contributed by atoms with Gasteiger partial charge in [0.2, 0.25) is 0 Å². The molecule has 0 radical (unpaired) electrons. The fraction of sp³-hybridized carbons (Fsp3) is 0.500. The van der Waals surface area contributed by atoms with Crippen molar-refractivity contribution in [3.63, 3.8) is 0 Å².